The largest absolute Gasteiger partial charge is 0.479 e. The van der Waals surface area contributed by atoms with Gasteiger partial charge in [-0.1, -0.05) is 5.16 Å². The first-order valence-corrected chi connectivity index (χ1v) is 9.55. The van der Waals surface area contributed by atoms with Gasteiger partial charge in [-0.2, -0.15) is 0 Å². The molecule has 1 aromatic heterocycles. The predicted molar refractivity (Wildman–Crippen MR) is 108 cm³/mol. The zero-order valence-electron chi connectivity index (χ0n) is 17.0. The van der Waals surface area contributed by atoms with Crippen molar-refractivity contribution in [2.45, 2.75) is 33.4 Å². The molecule has 0 spiro atoms. The van der Waals surface area contributed by atoms with E-state index in [1.807, 2.05) is 0 Å². The molecule has 0 aliphatic carbocycles. The number of nitrogens with one attached hydrogen (secondary N) is 1. The molecule has 1 N–H and O–H groups in total. The molecule has 31 heavy (non-hydrogen) atoms. The first kappa shape index (κ1) is 20.5. The number of aryl methyl sites for hydroxylation is 2. The fourth-order valence-electron chi connectivity index (χ4n) is 3.40. The summed E-state index contributed by atoms with van der Waals surface area (Å²) < 4.78 is 38.2. The van der Waals surface area contributed by atoms with Crippen LogP contribution in [-0.4, -0.2) is 23.1 Å². The number of fused-ring (bicyclic) bond motifs is 1. The quantitative estimate of drug-likeness (QED) is 0.677. The van der Waals surface area contributed by atoms with Gasteiger partial charge in [0.25, 0.3) is 11.8 Å². The van der Waals surface area contributed by atoms with Gasteiger partial charge in [0.15, 0.2) is 6.10 Å². The van der Waals surface area contributed by atoms with Crippen LogP contribution in [-0.2, 0) is 11.3 Å². The van der Waals surface area contributed by atoms with Crippen LogP contribution in [0.2, 0.25) is 0 Å². The maximum absolute atomic E-state index is 13.9. The lowest BCUT2D eigenvalue weighted by Crippen LogP contribution is -2.44. The number of amides is 2. The number of hydrogen-bond acceptors (Lipinski definition) is 5. The van der Waals surface area contributed by atoms with Crippen molar-refractivity contribution >= 4 is 23.2 Å². The number of aromatic nitrogens is 1. The Morgan fingerprint density at radius 1 is 1.19 bits per heavy atom. The number of carbonyl (C=O) groups is 2. The summed E-state index contributed by atoms with van der Waals surface area (Å²) in [6, 6.07) is 7.35. The van der Waals surface area contributed by atoms with Gasteiger partial charge in [0.2, 0.25) is 0 Å². The summed E-state index contributed by atoms with van der Waals surface area (Å²) in [5, 5.41) is 6.45. The van der Waals surface area contributed by atoms with Crippen molar-refractivity contribution < 1.29 is 27.6 Å². The van der Waals surface area contributed by atoms with Gasteiger partial charge in [0.05, 0.1) is 23.5 Å². The van der Waals surface area contributed by atoms with Crippen molar-refractivity contribution in [1.29, 1.82) is 0 Å². The van der Waals surface area contributed by atoms with Crippen LogP contribution in [0.5, 0.6) is 5.75 Å². The van der Waals surface area contributed by atoms with Gasteiger partial charge >= 0.3 is 0 Å². The molecular formula is C22H19F2N3O4. The lowest BCUT2D eigenvalue weighted by atomic mass is 10.1. The van der Waals surface area contributed by atoms with Crippen LogP contribution in [0.15, 0.2) is 40.9 Å². The molecule has 160 valence electrons. The number of anilines is 2. The molecule has 2 aromatic carbocycles. The van der Waals surface area contributed by atoms with Gasteiger partial charge < -0.3 is 19.5 Å². The third kappa shape index (κ3) is 3.86. The molecule has 0 saturated carbocycles. The minimum absolute atomic E-state index is 0.205. The molecule has 0 saturated heterocycles. The molecule has 9 heteroatoms. The summed E-state index contributed by atoms with van der Waals surface area (Å²) in [5.74, 6) is -1.61. The van der Waals surface area contributed by atoms with E-state index in [1.54, 1.807) is 39.0 Å². The van der Waals surface area contributed by atoms with E-state index in [2.05, 4.69) is 10.5 Å². The van der Waals surface area contributed by atoms with Crippen molar-refractivity contribution in [2.75, 3.05) is 10.2 Å². The Balaban J connectivity index is 1.67. The molecule has 1 atom stereocenters. The van der Waals surface area contributed by atoms with Crippen molar-refractivity contribution in [2.24, 2.45) is 0 Å². The molecule has 3 aromatic rings. The van der Waals surface area contributed by atoms with Crippen LogP contribution in [0.25, 0.3) is 0 Å². The highest BCUT2D eigenvalue weighted by Crippen LogP contribution is 2.38. The molecule has 2 heterocycles. The van der Waals surface area contributed by atoms with Crippen LogP contribution < -0.4 is 15.0 Å². The maximum Gasteiger partial charge on any atom is 0.268 e. The van der Waals surface area contributed by atoms with Gasteiger partial charge in [-0.25, -0.2) is 8.78 Å². The number of rotatable bonds is 4. The number of benzene rings is 2. The highest BCUT2D eigenvalue weighted by atomic mass is 19.1. The number of hydrogen-bond donors (Lipinski definition) is 1. The molecular weight excluding hydrogens is 408 g/mol. The lowest BCUT2D eigenvalue weighted by molar-refractivity contribution is -0.125. The van der Waals surface area contributed by atoms with E-state index in [0.29, 0.717) is 28.6 Å². The van der Waals surface area contributed by atoms with Crippen LogP contribution in [0.3, 0.4) is 0 Å². The van der Waals surface area contributed by atoms with E-state index in [4.69, 9.17) is 9.26 Å². The van der Waals surface area contributed by atoms with E-state index in [0.717, 1.165) is 23.8 Å². The average molecular weight is 427 g/mol. The number of carbonyl (C=O) groups excluding carboxylic acids is 2. The maximum atomic E-state index is 13.9. The summed E-state index contributed by atoms with van der Waals surface area (Å²) in [5.41, 5.74) is 1.73. The monoisotopic (exact) mass is 427 g/mol. The first-order chi connectivity index (χ1) is 14.7. The number of halogens is 2. The van der Waals surface area contributed by atoms with Crippen LogP contribution in [0.4, 0.5) is 20.2 Å². The molecule has 0 bridgehead atoms. The molecule has 4 rings (SSSR count). The van der Waals surface area contributed by atoms with Gasteiger partial charge in [0, 0.05) is 11.3 Å². The summed E-state index contributed by atoms with van der Waals surface area (Å²) in [6.45, 7) is 5.39. The van der Waals surface area contributed by atoms with E-state index in [9.17, 15) is 18.4 Å². The molecule has 0 radical (unpaired) electrons. The van der Waals surface area contributed by atoms with Crippen molar-refractivity contribution in [3.05, 3.63) is 70.6 Å². The topological polar surface area (TPSA) is 84.7 Å². The summed E-state index contributed by atoms with van der Waals surface area (Å²) in [7, 11) is 0. The zero-order valence-corrected chi connectivity index (χ0v) is 17.0. The lowest BCUT2D eigenvalue weighted by Gasteiger charge is -2.33. The Kier molecular flexibility index (Phi) is 5.18. The zero-order chi connectivity index (χ0) is 22.3. The van der Waals surface area contributed by atoms with Crippen LogP contribution in [0.1, 0.15) is 34.3 Å². The summed E-state index contributed by atoms with van der Waals surface area (Å²) in [6.07, 6.45) is -0.699. The van der Waals surface area contributed by atoms with E-state index in [1.165, 1.54) is 4.90 Å². The highest BCUT2D eigenvalue weighted by molar-refractivity contribution is 6.06. The first-order valence-electron chi connectivity index (χ1n) is 9.55. The normalized spacial score (nSPS) is 15.5. The second kappa shape index (κ2) is 7.82. The highest BCUT2D eigenvalue weighted by Gasteiger charge is 2.33. The minimum atomic E-state index is -0.843. The summed E-state index contributed by atoms with van der Waals surface area (Å²) >= 11 is 0. The Morgan fingerprint density at radius 3 is 2.68 bits per heavy atom. The van der Waals surface area contributed by atoms with Crippen molar-refractivity contribution in [1.82, 2.24) is 5.16 Å². The third-order valence-electron chi connectivity index (χ3n) is 5.10. The Bertz CT molecular complexity index is 1170. The van der Waals surface area contributed by atoms with Gasteiger partial charge in [0.1, 0.15) is 23.1 Å². The van der Waals surface area contributed by atoms with E-state index in [-0.39, 0.29) is 12.5 Å². The van der Waals surface area contributed by atoms with Crippen molar-refractivity contribution in [3.8, 4) is 5.75 Å². The molecule has 7 nitrogen and oxygen atoms in total. The third-order valence-corrected chi connectivity index (χ3v) is 5.10. The van der Waals surface area contributed by atoms with Gasteiger partial charge in [-0.3, -0.25) is 9.59 Å². The minimum Gasteiger partial charge on any atom is -0.479 e. The average Bonchev–Trinajstić information content (AvgIpc) is 3.05. The van der Waals surface area contributed by atoms with E-state index >= 15 is 0 Å². The van der Waals surface area contributed by atoms with E-state index < -0.39 is 29.2 Å². The molecule has 0 fully saturated rings. The number of nitrogens with zero attached hydrogens (tertiary/aromatic N) is 2. The fourth-order valence-corrected chi connectivity index (χ4v) is 3.40. The summed E-state index contributed by atoms with van der Waals surface area (Å²) in [4.78, 5) is 26.8. The Labute approximate surface area is 176 Å². The SMILES string of the molecule is Cc1noc(C)c1CN1C(=O)C(C)Oc2ccc(NC(=O)c3cc(F)ccc3F)cc21. The Hall–Kier alpha value is -3.75. The smallest absolute Gasteiger partial charge is 0.268 e. The predicted octanol–water partition coefficient (Wildman–Crippen LogP) is 4.14. The number of ether oxygens (including phenoxy) is 1. The standard InChI is InChI=1S/C22H19F2N3O4/c1-11-17(12(2)31-26-11)10-27-19-9-15(5-7-20(19)30-13(3)22(27)29)25-21(28)16-8-14(23)4-6-18(16)24/h4-9,13H,10H2,1-3H3,(H,25,28). The van der Waals surface area contributed by atoms with Crippen molar-refractivity contribution in [3.63, 3.8) is 0 Å². The molecule has 2 amide bonds. The second-order valence-electron chi connectivity index (χ2n) is 7.25. The van der Waals surface area contributed by atoms with Gasteiger partial charge in [-0.05, 0) is 57.2 Å². The van der Waals surface area contributed by atoms with Crippen LogP contribution in [0, 0.1) is 25.5 Å². The molecule has 1 aliphatic heterocycles. The second-order valence-corrected chi connectivity index (χ2v) is 7.25. The van der Waals surface area contributed by atoms with Gasteiger partial charge in [-0.15, -0.1) is 0 Å². The fraction of sp³-hybridized carbons (Fsp3) is 0.227. The Morgan fingerprint density at radius 2 is 1.97 bits per heavy atom. The molecule has 1 unspecified atom stereocenters. The van der Waals surface area contributed by atoms with Crippen LogP contribution >= 0.6 is 0 Å². The molecule has 1 aliphatic rings.